The van der Waals surface area contributed by atoms with Gasteiger partial charge in [-0.25, -0.2) is 4.79 Å². The predicted octanol–water partition coefficient (Wildman–Crippen LogP) is 4.19. The van der Waals surface area contributed by atoms with Gasteiger partial charge in [-0.1, -0.05) is 29.3 Å². The molecule has 2 aromatic carbocycles. The largest absolute Gasteiger partial charge is 0.497 e. The molecule has 6 nitrogen and oxygen atoms in total. The van der Waals surface area contributed by atoms with Gasteiger partial charge in [-0.05, 0) is 37.3 Å². The van der Waals surface area contributed by atoms with Gasteiger partial charge in [0.25, 0.3) is 5.91 Å². The zero-order valence-corrected chi connectivity index (χ0v) is 15.9. The molecule has 1 N–H and O–H groups in total. The lowest BCUT2D eigenvalue weighted by Crippen LogP contribution is -2.30. The number of anilines is 1. The molecule has 0 heterocycles. The molecule has 0 spiro atoms. The smallest absolute Gasteiger partial charge is 0.342 e. The second kappa shape index (κ2) is 8.78. The van der Waals surface area contributed by atoms with Gasteiger partial charge >= 0.3 is 5.97 Å². The van der Waals surface area contributed by atoms with Gasteiger partial charge in [-0.15, -0.1) is 0 Å². The van der Waals surface area contributed by atoms with Crippen LogP contribution in [0.2, 0.25) is 10.0 Å². The van der Waals surface area contributed by atoms with Gasteiger partial charge in [0.2, 0.25) is 0 Å². The van der Waals surface area contributed by atoms with Crippen LogP contribution in [0.4, 0.5) is 5.69 Å². The first-order chi connectivity index (χ1) is 12.4. The highest BCUT2D eigenvalue weighted by Crippen LogP contribution is 2.30. The van der Waals surface area contributed by atoms with Crippen LogP contribution in [0.25, 0.3) is 0 Å². The van der Waals surface area contributed by atoms with Crippen molar-refractivity contribution in [1.82, 2.24) is 0 Å². The number of hydrogen-bond acceptors (Lipinski definition) is 5. The van der Waals surface area contributed by atoms with E-state index in [0.717, 1.165) is 0 Å². The number of nitrogens with one attached hydrogen (secondary N) is 1. The molecule has 0 saturated heterocycles. The Morgan fingerprint density at radius 1 is 1.08 bits per heavy atom. The molecule has 0 fully saturated rings. The fourth-order valence-electron chi connectivity index (χ4n) is 2.09. The standard InChI is InChI=1S/C18H17Cl2NO5/c1-10(17(22)21-14-6-4-5-13(19)16(14)20)26-18(23)12-9-11(24-2)7-8-15(12)25-3/h4-10H,1-3H3,(H,21,22). The Bertz CT molecular complexity index is 825. The molecule has 0 radical (unpaired) electrons. The number of amides is 1. The van der Waals surface area contributed by atoms with E-state index >= 15 is 0 Å². The van der Waals surface area contributed by atoms with Crippen molar-refractivity contribution in [2.45, 2.75) is 13.0 Å². The molecular formula is C18H17Cl2NO5. The van der Waals surface area contributed by atoms with Crippen molar-refractivity contribution in [3.05, 3.63) is 52.0 Å². The third kappa shape index (κ3) is 4.59. The monoisotopic (exact) mass is 397 g/mol. The number of methoxy groups -OCH3 is 2. The summed E-state index contributed by atoms with van der Waals surface area (Å²) >= 11 is 11.9. The number of hydrogen-bond donors (Lipinski definition) is 1. The van der Waals surface area contributed by atoms with Gasteiger partial charge in [-0.3, -0.25) is 4.79 Å². The van der Waals surface area contributed by atoms with Crippen molar-refractivity contribution in [1.29, 1.82) is 0 Å². The fraction of sp³-hybridized carbons (Fsp3) is 0.222. The summed E-state index contributed by atoms with van der Waals surface area (Å²) in [6.07, 6.45) is -1.08. The molecule has 0 saturated carbocycles. The van der Waals surface area contributed by atoms with Crippen LogP contribution in [0, 0.1) is 0 Å². The Morgan fingerprint density at radius 2 is 1.81 bits per heavy atom. The van der Waals surface area contributed by atoms with Gasteiger partial charge in [0.15, 0.2) is 6.10 Å². The number of rotatable bonds is 6. The van der Waals surface area contributed by atoms with Gasteiger partial charge in [0, 0.05) is 0 Å². The zero-order chi connectivity index (χ0) is 19.3. The second-order valence-electron chi connectivity index (χ2n) is 5.20. The molecule has 1 atom stereocenters. The molecule has 1 unspecified atom stereocenters. The number of carbonyl (C=O) groups excluding carboxylic acids is 2. The van der Waals surface area contributed by atoms with Crippen molar-refractivity contribution in [2.75, 3.05) is 19.5 Å². The van der Waals surface area contributed by atoms with E-state index in [1.807, 2.05) is 0 Å². The van der Waals surface area contributed by atoms with E-state index in [1.54, 1.807) is 30.3 Å². The van der Waals surface area contributed by atoms with Crippen LogP contribution in [0.1, 0.15) is 17.3 Å². The molecule has 0 aromatic heterocycles. The molecule has 26 heavy (non-hydrogen) atoms. The van der Waals surface area contributed by atoms with Crippen molar-refractivity contribution in [3.63, 3.8) is 0 Å². The molecule has 1 amide bonds. The van der Waals surface area contributed by atoms with Crippen LogP contribution < -0.4 is 14.8 Å². The van der Waals surface area contributed by atoms with E-state index in [1.165, 1.54) is 27.2 Å². The average Bonchev–Trinajstić information content (AvgIpc) is 2.64. The first kappa shape index (κ1) is 19.9. The van der Waals surface area contributed by atoms with Gasteiger partial charge in [0.05, 0.1) is 30.0 Å². The molecule has 0 aliphatic rings. The fourth-order valence-corrected chi connectivity index (χ4v) is 2.43. The highest BCUT2D eigenvalue weighted by molar-refractivity contribution is 6.44. The topological polar surface area (TPSA) is 73.9 Å². The minimum absolute atomic E-state index is 0.146. The maximum atomic E-state index is 12.4. The summed E-state index contributed by atoms with van der Waals surface area (Å²) in [5.74, 6) is -0.508. The van der Waals surface area contributed by atoms with Crippen LogP contribution in [-0.2, 0) is 9.53 Å². The summed E-state index contributed by atoms with van der Waals surface area (Å²) in [4.78, 5) is 24.7. The normalized spacial score (nSPS) is 11.4. The summed E-state index contributed by atoms with van der Waals surface area (Å²) < 4.78 is 15.5. The zero-order valence-electron chi connectivity index (χ0n) is 14.3. The first-order valence-corrected chi connectivity index (χ1v) is 8.30. The van der Waals surface area contributed by atoms with Crippen LogP contribution in [-0.4, -0.2) is 32.2 Å². The number of carbonyl (C=O) groups is 2. The molecule has 0 bridgehead atoms. The van der Waals surface area contributed by atoms with Crippen LogP contribution in [0.15, 0.2) is 36.4 Å². The van der Waals surface area contributed by atoms with Gasteiger partial charge < -0.3 is 19.5 Å². The highest BCUT2D eigenvalue weighted by Gasteiger charge is 2.22. The maximum Gasteiger partial charge on any atom is 0.342 e. The molecule has 8 heteroatoms. The number of esters is 1. The summed E-state index contributed by atoms with van der Waals surface area (Å²) in [6, 6.07) is 9.52. The van der Waals surface area contributed by atoms with E-state index in [0.29, 0.717) is 22.2 Å². The van der Waals surface area contributed by atoms with Crippen LogP contribution in [0.3, 0.4) is 0 Å². The van der Waals surface area contributed by atoms with E-state index in [4.69, 9.17) is 37.4 Å². The lowest BCUT2D eigenvalue weighted by molar-refractivity contribution is -0.123. The van der Waals surface area contributed by atoms with E-state index in [2.05, 4.69) is 5.32 Å². The van der Waals surface area contributed by atoms with Crippen LogP contribution in [0.5, 0.6) is 11.5 Å². The summed E-state index contributed by atoms with van der Waals surface area (Å²) in [7, 11) is 2.90. The van der Waals surface area contributed by atoms with Gasteiger partial charge in [-0.2, -0.15) is 0 Å². The second-order valence-corrected chi connectivity index (χ2v) is 5.99. The SMILES string of the molecule is COc1ccc(OC)c(C(=O)OC(C)C(=O)Nc2cccc(Cl)c2Cl)c1. The van der Waals surface area contributed by atoms with Crippen molar-refractivity contribution in [2.24, 2.45) is 0 Å². The number of benzene rings is 2. The minimum atomic E-state index is -1.08. The Hall–Kier alpha value is -2.44. The van der Waals surface area contributed by atoms with Gasteiger partial charge in [0.1, 0.15) is 17.1 Å². The summed E-state index contributed by atoms with van der Waals surface area (Å²) in [6.45, 7) is 1.44. The predicted molar refractivity (Wildman–Crippen MR) is 99.5 cm³/mol. The van der Waals surface area contributed by atoms with Crippen molar-refractivity contribution in [3.8, 4) is 11.5 Å². The minimum Gasteiger partial charge on any atom is -0.497 e. The Labute approximate surface area is 160 Å². The Morgan fingerprint density at radius 3 is 2.46 bits per heavy atom. The Balaban J connectivity index is 2.11. The average molecular weight is 398 g/mol. The maximum absolute atomic E-state index is 12.4. The Kier molecular flexibility index (Phi) is 6.71. The lowest BCUT2D eigenvalue weighted by atomic mass is 10.2. The molecule has 0 aliphatic heterocycles. The van der Waals surface area contributed by atoms with E-state index < -0.39 is 18.0 Å². The molecular weight excluding hydrogens is 381 g/mol. The quantitative estimate of drug-likeness (QED) is 0.739. The van der Waals surface area contributed by atoms with E-state index in [-0.39, 0.29) is 10.6 Å². The molecule has 2 aromatic rings. The summed E-state index contributed by atoms with van der Waals surface area (Å²) in [5.41, 5.74) is 0.471. The lowest BCUT2D eigenvalue weighted by Gasteiger charge is -2.16. The highest BCUT2D eigenvalue weighted by atomic mass is 35.5. The molecule has 2 rings (SSSR count). The molecule has 138 valence electrons. The van der Waals surface area contributed by atoms with Crippen molar-refractivity contribution >= 4 is 40.8 Å². The summed E-state index contributed by atoms with van der Waals surface area (Å²) in [5, 5.41) is 3.08. The first-order valence-electron chi connectivity index (χ1n) is 7.55. The third-order valence-electron chi connectivity index (χ3n) is 3.49. The van der Waals surface area contributed by atoms with Crippen LogP contribution >= 0.6 is 23.2 Å². The molecule has 0 aliphatic carbocycles. The van der Waals surface area contributed by atoms with E-state index in [9.17, 15) is 9.59 Å². The third-order valence-corrected chi connectivity index (χ3v) is 4.31. The number of ether oxygens (including phenoxy) is 3. The number of halogens is 2. The van der Waals surface area contributed by atoms with Crippen molar-refractivity contribution < 1.29 is 23.8 Å².